The van der Waals surface area contributed by atoms with Crippen molar-refractivity contribution in [3.05, 3.63) is 28.5 Å². The Hall–Kier alpha value is -0.640. The van der Waals surface area contributed by atoms with Crippen molar-refractivity contribution in [2.45, 2.75) is 25.3 Å². The first-order chi connectivity index (χ1) is 7.70. The lowest BCUT2D eigenvalue weighted by molar-refractivity contribution is 0.255. The van der Waals surface area contributed by atoms with Gasteiger partial charge in [-0.1, -0.05) is 11.6 Å². The lowest BCUT2D eigenvalue weighted by atomic mass is 9.90. The van der Waals surface area contributed by atoms with Gasteiger partial charge in [-0.05, 0) is 50.5 Å². The highest BCUT2D eigenvalue weighted by Crippen LogP contribution is 2.28. The fourth-order valence-electron chi connectivity index (χ4n) is 2.22. The quantitative estimate of drug-likeness (QED) is 0.803. The Labute approximate surface area is 102 Å². The summed E-state index contributed by atoms with van der Waals surface area (Å²) >= 11 is 5.96. The zero-order chi connectivity index (χ0) is 11.5. The molecule has 1 aromatic rings. The van der Waals surface area contributed by atoms with Crippen LogP contribution in [0.15, 0.2) is 12.3 Å². The molecule has 0 radical (unpaired) electrons. The normalized spacial score (nSPS) is 18.9. The van der Waals surface area contributed by atoms with Gasteiger partial charge in [0.15, 0.2) is 0 Å². The summed E-state index contributed by atoms with van der Waals surface area (Å²) in [6.07, 6.45) is 4.30. The number of likely N-dealkylation sites (tertiary alicyclic amines) is 1. The van der Waals surface area contributed by atoms with Crippen molar-refractivity contribution < 1.29 is 0 Å². The second-order valence-corrected chi connectivity index (χ2v) is 4.86. The summed E-state index contributed by atoms with van der Waals surface area (Å²) in [4.78, 5) is 6.58. The van der Waals surface area contributed by atoms with Crippen LogP contribution in [0.4, 0.5) is 0 Å². The molecule has 4 heteroatoms. The van der Waals surface area contributed by atoms with Crippen molar-refractivity contribution >= 4 is 11.6 Å². The number of piperidine rings is 1. The molecule has 0 unspecified atom stereocenters. The lowest BCUT2D eigenvalue weighted by Crippen LogP contribution is -2.29. The molecule has 1 aliphatic heterocycles. The van der Waals surface area contributed by atoms with Crippen LogP contribution in [0.2, 0.25) is 5.15 Å². The monoisotopic (exact) mass is 239 g/mol. The minimum absolute atomic E-state index is 0.465. The van der Waals surface area contributed by atoms with Gasteiger partial charge in [-0.2, -0.15) is 0 Å². The number of hydrogen-bond donors (Lipinski definition) is 1. The molecule has 1 fully saturated rings. The Balaban J connectivity index is 2.14. The van der Waals surface area contributed by atoms with E-state index < -0.39 is 0 Å². The van der Waals surface area contributed by atoms with Gasteiger partial charge in [0.2, 0.25) is 0 Å². The molecule has 0 bridgehead atoms. The van der Waals surface area contributed by atoms with Gasteiger partial charge in [0.25, 0.3) is 0 Å². The first-order valence-corrected chi connectivity index (χ1v) is 6.11. The van der Waals surface area contributed by atoms with Gasteiger partial charge in [-0.25, -0.2) is 4.98 Å². The average molecular weight is 240 g/mol. The Bertz CT molecular complexity index is 359. The van der Waals surface area contributed by atoms with E-state index in [-0.39, 0.29) is 0 Å². The fraction of sp³-hybridized carbons (Fsp3) is 0.583. The maximum Gasteiger partial charge on any atom is 0.133 e. The number of pyridine rings is 1. The summed E-state index contributed by atoms with van der Waals surface area (Å²) in [6.45, 7) is 2.78. The van der Waals surface area contributed by atoms with Gasteiger partial charge < -0.3 is 10.6 Å². The maximum absolute atomic E-state index is 5.96. The minimum Gasteiger partial charge on any atom is -0.326 e. The lowest BCUT2D eigenvalue weighted by Gasteiger charge is -2.29. The Morgan fingerprint density at radius 3 is 2.81 bits per heavy atom. The topological polar surface area (TPSA) is 42.2 Å². The number of halogens is 1. The van der Waals surface area contributed by atoms with Crippen molar-refractivity contribution in [3.8, 4) is 0 Å². The molecule has 3 nitrogen and oxygen atoms in total. The van der Waals surface area contributed by atoms with Gasteiger partial charge in [-0.3, -0.25) is 0 Å². The summed E-state index contributed by atoms with van der Waals surface area (Å²) in [7, 11) is 2.17. The summed E-state index contributed by atoms with van der Waals surface area (Å²) in [5.41, 5.74) is 7.88. The van der Waals surface area contributed by atoms with E-state index in [4.69, 9.17) is 17.3 Å². The van der Waals surface area contributed by atoms with Crippen LogP contribution in [-0.2, 0) is 6.54 Å². The van der Waals surface area contributed by atoms with E-state index in [1.807, 2.05) is 6.20 Å². The smallest absolute Gasteiger partial charge is 0.133 e. The summed E-state index contributed by atoms with van der Waals surface area (Å²) in [5, 5.41) is 0.541. The summed E-state index contributed by atoms with van der Waals surface area (Å²) in [6, 6.07) is 2.12. The number of nitrogens with two attached hydrogens (primary N) is 1. The predicted molar refractivity (Wildman–Crippen MR) is 66.6 cm³/mol. The largest absolute Gasteiger partial charge is 0.326 e. The third-order valence-electron chi connectivity index (χ3n) is 3.34. The van der Waals surface area contributed by atoms with Crippen LogP contribution in [0.5, 0.6) is 0 Å². The second kappa shape index (κ2) is 5.13. The van der Waals surface area contributed by atoms with E-state index >= 15 is 0 Å². The summed E-state index contributed by atoms with van der Waals surface area (Å²) < 4.78 is 0. The standard InChI is InChI=1S/C12H18ClN3/c1-16-4-2-9(3-5-16)11-6-10(7-14)12(13)15-8-11/h6,8-9H,2-5,7,14H2,1H3. The van der Waals surface area contributed by atoms with E-state index in [1.165, 1.54) is 18.4 Å². The first kappa shape index (κ1) is 11.8. The SMILES string of the molecule is CN1CCC(c2cnc(Cl)c(CN)c2)CC1. The van der Waals surface area contributed by atoms with Gasteiger partial charge in [0.05, 0.1) is 0 Å². The Morgan fingerprint density at radius 1 is 1.50 bits per heavy atom. The second-order valence-electron chi connectivity index (χ2n) is 4.50. The number of rotatable bonds is 2. The molecule has 2 N–H and O–H groups in total. The highest BCUT2D eigenvalue weighted by molar-refractivity contribution is 6.30. The third-order valence-corrected chi connectivity index (χ3v) is 3.68. The molecular weight excluding hydrogens is 222 g/mol. The van der Waals surface area contributed by atoms with Crippen molar-refractivity contribution in [2.75, 3.05) is 20.1 Å². The van der Waals surface area contributed by atoms with E-state index in [0.717, 1.165) is 18.7 Å². The zero-order valence-corrected chi connectivity index (χ0v) is 10.4. The molecule has 0 saturated carbocycles. The van der Waals surface area contributed by atoms with Crippen molar-refractivity contribution in [3.63, 3.8) is 0 Å². The van der Waals surface area contributed by atoms with Crippen molar-refractivity contribution in [1.29, 1.82) is 0 Å². The number of nitrogens with zero attached hydrogens (tertiary/aromatic N) is 2. The highest BCUT2D eigenvalue weighted by Gasteiger charge is 2.19. The van der Waals surface area contributed by atoms with Crippen LogP contribution in [0.3, 0.4) is 0 Å². The van der Waals surface area contributed by atoms with E-state index in [0.29, 0.717) is 17.6 Å². The molecular formula is C12H18ClN3. The molecule has 1 aliphatic rings. The van der Waals surface area contributed by atoms with Crippen LogP contribution >= 0.6 is 11.6 Å². The highest BCUT2D eigenvalue weighted by atomic mass is 35.5. The predicted octanol–water partition coefficient (Wildman–Crippen LogP) is 2.00. The van der Waals surface area contributed by atoms with Crippen molar-refractivity contribution in [2.24, 2.45) is 5.73 Å². The molecule has 2 heterocycles. The van der Waals surface area contributed by atoms with Gasteiger partial charge in [0.1, 0.15) is 5.15 Å². The molecule has 2 rings (SSSR count). The summed E-state index contributed by atoms with van der Waals surface area (Å²) in [5.74, 6) is 0.617. The number of hydrogen-bond acceptors (Lipinski definition) is 3. The average Bonchev–Trinajstić information content (AvgIpc) is 2.31. The maximum atomic E-state index is 5.96. The zero-order valence-electron chi connectivity index (χ0n) is 9.62. The third kappa shape index (κ3) is 2.54. The molecule has 1 aromatic heterocycles. The molecule has 16 heavy (non-hydrogen) atoms. The van der Waals surface area contributed by atoms with Crippen LogP contribution in [0.1, 0.15) is 29.9 Å². The molecule has 0 aromatic carbocycles. The van der Waals surface area contributed by atoms with Crippen LogP contribution in [-0.4, -0.2) is 30.0 Å². The molecule has 0 spiro atoms. The van der Waals surface area contributed by atoms with Gasteiger partial charge in [0, 0.05) is 18.3 Å². The van der Waals surface area contributed by atoms with Crippen LogP contribution in [0, 0.1) is 0 Å². The van der Waals surface area contributed by atoms with Gasteiger partial charge >= 0.3 is 0 Å². The molecule has 1 saturated heterocycles. The fourth-order valence-corrected chi connectivity index (χ4v) is 2.40. The van der Waals surface area contributed by atoms with Gasteiger partial charge in [-0.15, -0.1) is 0 Å². The molecule has 0 aliphatic carbocycles. The van der Waals surface area contributed by atoms with E-state index in [2.05, 4.69) is 23.0 Å². The molecule has 88 valence electrons. The van der Waals surface area contributed by atoms with Crippen LogP contribution < -0.4 is 5.73 Å². The van der Waals surface area contributed by atoms with Crippen molar-refractivity contribution in [1.82, 2.24) is 9.88 Å². The molecule has 0 amide bonds. The van der Waals surface area contributed by atoms with E-state index in [9.17, 15) is 0 Å². The minimum atomic E-state index is 0.465. The first-order valence-electron chi connectivity index (χ1n) is 5.73. The van der Waals surface area contributed by atoms with E-state index in [1.54, 1.807) is 0 Å². The Kier molecular flexibility index (Phi) is 3.79. The van der Waals surface area contributed by atoms with Crippen LogP contribution in [0.25, 0.3) is 0 Å². The molecule has 0 atom stereocenters. The number of aromatic nitrogens is 1. The Morgan fingerprint density at radius 2 is 2.19 bits per heavy atom.